The van der Waals surface area contributed by atoms with Gasteiger partial charge in [0.2, 0.25) is 11.5 Å². The summed E-state index contributed by atoms with van der Waals surface area (Å²) in [5, 5.41) is 10.4. The number of carbonyl (C=O) groups is 2. The number of fused-ring (bicyclic) bond motifs is 1. The summed E-state index contributed by atoms with van der Waals surface area (Å²) in [6, 6.07) is 3.20. The monoisotopic (exact) mass is 258 g/mol. The Bertz CT molecular complexity index is 704. The largest absolute Gasteiger partial charge is 0.504 e. The number of ketones is 2. The highest BCUT2D eigenvalue weighted by Gasteiger charge is 2.20. The van der Waals surface area contributed by atoms with Gasteiger partial charge >= 0.3 is 0 Å². The van der Waals surface area contributed by atoms with Crippen molar-refractivity contribution >= 4 is 22.5 Å². The normalized spacial score (nSPS) is 11.3. The van der Waals surface area contributed by atoms with Gasteiger partial charge in [0.05, 0.1) is 5.39 Å². The first-order chi connectivity index (χ1) is 8.95. The molecule has 0 saturated carbocycles. The number of furan rings is 1. The van der Waals surface area contributed by atoms with E-state index in [9.17, 15) is 14.7 Å². The van der Waals surface area contributed by atoms with Gasteiger partial charge < -0.3 is 9.52 Å². The number of benzene rings is 1. The van der Waals surface area contributed by atoms with Crippen molar-refractivity contribution in [3.05, 3.63) is 41.2 Å². The molecular formula is C15H14O4. The fourth-order valence-electron chi connectivity index (χ4n) is 2.00. The van der Waals surface area contributed by atoms with Crippen molar-refractivity contribution in [3.8, 4) is 5.75 Å². The van der Waals surface area contributed by atoms with Gasteiger partial charge in [-0.1, -0.05) is 6.08 Å². The Kier molecular flexibility index (Phi) is 3.25. The van der Waals surface area contributed by atoms with E-state index >= 15 is 0 Å². The minimum Gasteiger partial charge on any atom is -0.504 e. The molecule has 0 unspecified atom stereocenters. The standard InChI is InChI=1S/C15H14O4/c1-4-5-12(17)15-14(18)11-7-10(9(3)16)8(2)6-13(11)19-15/h4-7,18H,1-3H3. The summed E-state index contributed by atoms with van der Waals surface area (Å²) in [5.41, 5.74) is 1.65. The van der Waals surface area contributed by atoms with Crippen LogP contribution in [0.4, 0.5) is 0 Å². The summed E-state index contributed by atoms with van der Waals surface area (Å²) in [4.78, 5) is 23.2. The van der Waals surface area contributed by atoms with Gasteiger partial charge in [-0.2, -0.15) is 0 Å². The molecule has 0 atom stereocenters. The Hall–Kier alpha value is -2.36. The quantitative estimate of drug-likeness (QED) is 0.676. The summed E-state index contributed by atoms with van der Waals surface area (Å²) in [7, 11) is 0. The second-order valence-electron chi connectivity index (χ2n) is 4.36. The van der Waals surface area contributed by atoms with Gasteiger partial charge in [-0.05, 0) is 44.5 Å². The van der Waals surface area contributed by atoms with Crippen LogP contribution in [-0.4, -0.2) is 16.7 Å². The van der Waals surface area contributed by atoms with Crippen molar-refractivity contribution in [2.45, 2.75) is 20.8 Å². The van der Waals surface area contributed by atoms with E-state index in [4.69, 9.17) is 4.42 Å². The molecule has 19 heavy (non-hydrogen) atoms. The van der Waals surface area contributed by atoms with E-state index in [2.05, 4.69) is 0 Å². The van der Waals surface area contributed by atoms with E-state index in [1.807, 2.05) is 0 Å². The molecule has 1 aromatic carbocycles. The Labute approximate surface area is 110 Å². The highest BCUT2D eigenvalue weighted by molar-refractivity contribution is 6.09. The average molecular weight is 258 g/mol. The third-order valence-corrected chi connectivity index (χ3v) is 2.93. The van der Waals surface area contributed by atoms with Crippen LogP contribution < -0.4 is 0 Å². The number of allylic oxidation sites excluding steroid dienone is 2. The fraction of sp³-hybridized carbons (Fsp3) is 0.200. The predicted octanol–water partition coefficient (Wildman–Crippen LogP) is 3.41. The lowest BCUT2D eigenvalue weighted by molar-refractivity contribution is 0.101. The summed E-state index contributed by atoms with van der Waals surface area (Å²) in [6.45, 7) is 4.94. The lowest BCUT2D eigenvalue weighted by Crippen LogP contribution is -1.95. The highest BCUT2D eigenvalue weighted by atomic mass is 16.4. The number of carbonyl (C=O) groups excluding carboxylic acids is 2. The molecule has 4 nitrogen and oxygen atoms in total. The fourth-order valence-corrected chi connectivity index (χ4v) is 2.00. The van der Waals surface area contributed by atoms with Crippen LogP contribution in [0.2, 0.25) is 0 Å². The highest BCUT2D eigenvalue weighted by Crippen LogP contribution is 2.34. The average Bonchev–Trinajstić information content (AvgIpc) is 2.65. The number of aryl methyl sites for hydroxylation is 1. The molecule has 0 spiro atoms. The molecule has 98 valence electrons. The van der Waals surface area contributed by atoms with E-state index in [-0.39, 0.29) is 17.3 Å². The molecule has 0 aliphatic rings. The first-order valence-electron chi connectivity index (χ1n) is 5.89. The van der Waals surface area contributed by atoms with Crippen LogP contribution >= 0.6 is 0 Å². The van der Waals surface area contributed by atoms with Gasteiger partial charge in [0.1, 0.15) is 5.58 Å². The lowest BCUT2D eigenvalue weighted by Gasteiger charge is -2.00. The van der Waals surface area contributed by atoms with E-state index < -0.39 is 5.78 Å². The van der Waals surface area contributed by atoms with Crippen molar-refractivity contribution in [2.75, 3.05) is 0 Å². The maximum Gasteiger partial charge on any atom is 0.224 e. The van der Waals surface area contributed by atoms with Crippen LogP contribution in [0.1, 0.15) is 40.3 Å². The minimum absolute atomic E-state index is 0.0960. The molecule has 1 N–H and O–H groups in total. The van der Waals surface area contributed by atoms with Crippen LogP contribution in [0.25, 0.3) is 11.0 Å². The number of Topliss-reactive ketones (excluding diaryl/α,β-unsaturated/α-hetero) is 1. The second-order valence-corrected chi connectivity index (χ2v) is 4.36. The van der Waals surface area contributed by atoms with Crippen LogP contribution in [0.3, 0.4) is 0 Å². The van der Waals surface area contributed by atoms with Crippen LogP contribution in [0.5, 0.6) is 5.75 Å². The van der Waals surface area contributed by atoms with Crippen molar-refractivity contribution in [3.63, 3.8) is 0 Å². The van der Waals surface area contributed by atoms with Crippen molar-refractivity contribution < 1.29 is 19.1 Å². The first-order valence-corrected chi connectivity index (χ1v) is 5.89. The SMILES string of the molecule is CC=CC(=O)c1oc2cc(C)c(C(C)=O)cc2c1O. The van der Waals surface area contributed by atoms with Crippen LogP contribution in [-0.2, 0) is 0 Å². The molecular weight excluding hydrogens is 244 g/mol. The molecule has 0 aliphatic heterocycles. The van der Waals surface area contributed by atoms with Gasteiger partial charge in [-0.25, -0.2) is 0 Å². The van der Waals surface area contributed by atoms with Crippen LogP contribution in [0, 0.1) is 6.92 Å². The van der Waals surface area contributed by atoms with Gasteiger partial charge in [0.25, 0.3) is 0 Å². The van der Waals surface area contributed by atoms with Crippen molar-refractivity contribution in [2.24, 2.45) is 0 Å². The number of aromatic hydroxyl groups is 1. The molecule has 4 heteroatoms. The molecule has 0 saturated heterocycles. The maximum atomic E-state index is 11.7. The Morgan fingerprint density at radius 1 is 1.32 bits per heavy atom. The Morgan fingerprint density at radius 2 is 2.00 bits per heavy atom. The smallest absolute Gasteiger partial charge is 0.224 e. The van der Waals surface area contributed by atoms with E-state index in [1.165, 1.54) is 13.0 Å². The molecule has 2 aromatic rings. The topological polar surface area (TPSA) is 67.5 Å². The molecule has 2 rings (SSSR count). The van der Waals surface area contributed by atoms with Gasteiger partial charge in [0.15, 0.2) is 11.5 Å². The van der Waals surface area contributed by atoms with Gasteiger partial charge in [0, 0.05) is 5.56 Å². The van der Waals surface area contributed by atoms with Gasteiger partial charge in [-0.3, -0.25) is 9.59 Å². The molecule has 0 aliphatic carbocycles. The third kappa shape index (κ3) is 2.17. The summed E-state index contributed by atoms with van der Waals surface area (Å²) in [6.07, 6.45) is 2.89. The maximum absolute atomic E-state index is 11.7. The number of hydrogen-bond donors (Lipinski definition) is 1. The Balaban J connectivity index is 2.71. The summed E-state index contributed by atoms with van der Waals surface area (Å²) in [5.74, 6) is -0.826. The van der Waals surface area contributed by atoms with E-state index in [1.54, 1.807) is 32.1 Å². The molecule has 0 bridgehead atoms. The van der Waals surface area contributed by atoms with Gasteiger partial charge in [-0.15, -0.1) is 0 Å². The van der Waals surface area contributed by atoms with E-state index in [0.29, 0.717) is 16.5 Å². The number of hydrogen-bond acceptors (Lipinski definition) is 4. The molecule has 0 fully saturated rings. The lowest BCUT2D eigenvalue weighted by atomic mass is 10.0. The zero-order valence-electron chi connectivity index (χ0n) is 11.0. The predicted molar refractivity (Wildman–Crippen MR) is 71.8 cm³/mol. The summed E-state index contributed by atoms with van der Waals surface area (Å²) >= 11 is 0. The van der Waals surface area contributed by atoms with Crippen LogP contribution in [0.15, 0.2) is 28.7 Å². The molecule has 0 amide bonds. The zero-order valence-corrected chi connectivity index (χ0v) is 11.0. The third-order valence-electron chi connectivity index (χ3n) is 2.93. The summed E-state index contributed by atoms with van der Waals surface area (Å²) < 4.78 is 5.37. The Morgan fingerprint density at radius 3 is 2.58 bits per heavy atom. The minimum atomic E-state index is -0.404. The number of rotatable bonds is 3. The molecule has 0 radical (unpaired) electrons. The zero-order chi connectivity index (χ0) is 14.2. The van der Waals surface area contributed by atoms with Crippen molar-refractivity contribution in [1.82, 2.24) is 0 Å². The molecule has 1 aromatic heterocycles. The first kappa shape index (κ1) is 13.1. The second kappa shape index (κ2) is 4.72. The van der Waals surface area contributed by atoms with Crippen molar-refractivity contribution in [1.29, 1.82) is 0 Å². The van der Waals surface area contributed by atoms with E-state index in [0.717, 1.165) is 5.56 Å². The molecule has 1 heterocycles.